The highest BCUT2D eigenvalue weighted by Gasteiger charge is 2.43. The first-order chi connectivity index (χ1) is 8.69. The Hall–Kier alpha value is -1.06. The first-order valence-corrected chi connectivity index (χ1v) is 6.74. The average molecular weight is 247 g/mol. The van der Waals surface area contributed by atoms with Gasteiger partial charge in [0.2, 0.25) is 0 Å². The van der Waals surface area contributed by atoms with Gasteiger partial charge in [0, 0.05) is 12.0 Å². The monoisotopic (exact) mass is 247 g/mol. The Kier molecular flexibility index (Phi) is 3.04. The van der Waals surface area contributed by atoms with E-state index in [0.717, 1.165) is 12.2 Å². The van der Waals surface area contributed by atoms with Crippen molar-refractivity contribution < 1.29 is 9.47 Å². The molecule has 0 saturated carbocycles. The molecule has 18 heavy (non-hydrogen) atoms. The molecule has 2 heterocycles. The largest absolute Gasteiger partial charge is 0.497 e. The van der Waals surface area contributed by atoms with Gasteiger partial charge in [-0.25, -0.2) is 0 Å². The molecule has 3 nitrogen and oxygen atoms in total. The first-order valence-electron chi connectivity index (χ1n) is 6.74. The second-order valence-electron chi connectivity index (χ2n) is 5.52. The van der Waals surface area contributed by atoms with Crippen LogP contribution >= 0.6 is 0 Å². The molecule has 98 valence electrons. The van der Waals surface area contributed by atoms with Crippen LogP contribution < -0.4 is 10.5 Å². The van der Waals surface area contributed by atoms with Crippen LogP contribution in [0.2, 0.25) is 0 Å². The predicted molar refractivity (Wildman–Crippen MR) is 70.7 cm³/mol. The fourth-order valence-corrected chi connectivity index (χ4v) is 3.43. The quantitative estimate of drug-likeness (QED) is 0.892. The minimum atomic E-state index is 0.0891. The van der Waals surface area contributed by atoms with Crippen LogP contribution in [0.4, 0.5) is 0 Å². The minimum Gasteiger partial charge on any atom is -0.497 e. The van der Waals surface area contributed by atoms with Crippen molar-refractivity contribution in [3.8, 4) is 5.75 Å². The van der Waals surface area contributed by atoms with Crippen LogP contribution in [0.1, 0.15) is 36.4 Å². The van der Waals surface area contributed by atoms with Gasteiger partial charge in [-0.1, -0.05) is 6.07 Å². The molecule has 0 radical (unpaired) electrons. The standard InChI is InChI=1S/C15H21NO2/c1-9-7-10(17-2)3-5-12(9)15(16)13-8-11-4-6-14(13)18-11/h3,5,7,11,13-15H,4,6,8,16H2,1-2H3. The molecule has 3 rings (SSSR count). The van der Waals surface area contributed by atoms with E-state index in [2.05, 4.69) is 19.1 Å². The number of hydrogen-bond acceptors (Lipinski definition) is 3. The molecule has 2 aliphatic rings. The van der Waals surface area contributed by atoms with Gasteiger partial charge in [0.25, 0.3) is 0 Å². The van der Waals surface area contributed by atoms with Gasteiger partial charge >= 0.3 is 0 Å². The van der Waals surface area contributed by atoms with Crippen LogP contribution in [-0.2, 0) is 4.74 Å². The lowest BCUT2D eigenvalue weighted by Crippen LogP contribution is -2.29. The topological polar surface area (TPSA) is 44.5 Å². The van der Waals surface area contributed by atoms with Crippen molar-refractivity contribution in [1.29, 1.82) is 0 Å². The summed E-state index contributed by atoms with van der Waals surface area (Å²) in [6, 6.07) is 6.25. The molecule has 0 aliphatic carbocycles. The molecule has 3 heteroatoms. The van der Waals surface area contributed by atoms with Crippen molar-refractivity contribution in [2.45, 2.75) is 44.4 Å². The fourth-order valence-electron chi connectivity index (χ4n) is 3.43. The average Bonchev–Trinajstić information content (AvgIpc) is 3.00. The number of fused-ring (bicyclic) bond motifs is 2. The van der Waals surface area contributed by atoms with Crippen LogP contribution in [0.3, 0.4) is 0 Å². The van der Waals surface area contributed by atoms with E-state index in [1.807, 2.05) is 6.07 Å². The number of aryl methyl sites for hydroxylation is 1. The molecule has 2 fully saturated rings. The zero-order valence-electron chi connectivity index (χ0n) is 11.1. The molecule has 1 aromatic rings. The summed E-state index contributed by atoms with van der Waals surface area (Å²) in [7, 11) is 1.69. The maximum Gasteiger partial charge on any atom is 0.119 e. The van der Waals surface area contributed by atoms with Gasteiger partial charge in [0.05, 0.1) is 19.3 Å². The second kappa shape index (κ2) is 4.56. The molecule has 0 amide bonds. The van der Waals surface area contributed by atoms with Gasteiger partial charge in [-0.3, -0.25) is 0 Å². The highest BCUT2D eigenvalue weighted by atomic mass is 16.5. The Bertz CT molecular complexity index is 446. The zero-order valence-corrected chi connectivity index (χ0v) is 11.1. The summed E-state index contributed by atoms with van der Waals surface area (Å²) in [6.07, 6.45) is 4.36. The van der Waals surface area contributed by atoms with Crippen molar-refractivity contribution in [2.75, 3.05) is 7.11 Å². The smallest absolute Gasteiger partial charge is 0.119 e. The summed E-state index contributed by atoms with van der Waals surface area (Å²) >= 11 is 0. The SMILES string of the molecule is COc1ccc(C(N)C2CC3CCC2O3)c(C)c1. The Morgan fingerprint density at radius 2 is 2.22 bits per heavy atom. The summed E-state index contributed by atoms with van der Waals surface area (Å²) in [5.74, 6) is 1.38. The molecule has 2 aliphatic heterocycles. The molecule has 1 aromatic carbocycles. The molecule has 4 unspecified atom stereocenters. The highest BCUT2D eigenvalue weighted by molar-refractivity contribution is 5.37. The molecule has 2 bridgehead atoms. The lowest BCUT2D eigenvalue weighted by Gasteiger charge is -2.26. The van der Waals surface area contributed by atoms with E-state index >= 15 is 0 Å². The lowest BCUT2D eigenvalue weighted by molar-refractivity contribution is 0.0884. The van der Waals surface area contributed by atoms with Crippen molar-refractivity contribution in [3.63, 3.8) is 0 Å². The van der Waals surface area contributed by atoms with E-state index in [0.29, 0.717) is 18.1 Å². The van der Waals surface area contributed by atoms with Crippen LogP contribution in [0.15, 0.2) is 18.2 Å². The van der Waals surface area contributed by atoms with Gasteiger partial charge in [0.1, 0.15) is 5.75 Å². The lowest BCUT2D eigenvalue weighted by atomic mass is 9.80. The number of ether oxygens (including phenoxy) is 2. The first kappa shape index (κ1) is 12.0. The predicted octanol–water partition coefficient (Wildman–Crippen LogP) is 2.57. The van der Waals surface area contributed by atoms with Gasteiger partial charge in [-0.05, 0) is 49.4 Å². The Labute approximate surface area is 108 Å². The third kappa shape index (κ3) is 1.91. The molecular weight excluding hydrogens is 226 g/mol. The maximum atomic E-state index is 6.46. The summed E-state index contributed by atoms with van der Waals surface area (Å²) in [4.78, 5) is 0. The van der Waals surface area contributed by atoms with E-state index < -0.39 is 0 Å². The molecule has 0 spiro atoms. The number of benzene rings is 1. The zero-order chi connectivity index (χ0) is 12.7. The second-order valence-corrected chi connectivity index (χ2v) is 5.52. The van der Waals surface area contributed by atoms with Crippen molar-refractivity contribution >= 4 is 0 Å². The van der Waals surface area contributed by atoms with E-state index in [-0.39, 0.29) is 6.04 Å². The van der Waals surface area contributed by atoms with Crippen LogP contribution in [0.5, 0.6) is 5.75 Å². The maximum absolute atomic E-state index is 6.46. The van der Waals surface area contributed by atoms with Crippen molar-refractivity contribution in [2.24, 2.45) is 11.7 Å². The summed E-state index contributed by atoms with van der Waals surface area (Å²) < 4.78 is 11.1. The summed E-state index contributed by atoms with van der Waals surface area (Å²) in [5.41, 5.74) is 8.90. The molecular formula is C15H21NO2. The number of rotatable bonds is 3. The number of nitrogens with two attached hydrogens (primary N) is 1. The Morgan fingerprint density at radius 1 is 1.39 bits per heavy atom. The summed E-state index contributed by atoms with van der Waals surface area (Å²) in [5, 5.41) is 0. The molecule has 2 saturated heterocycles. The third-order valence-electron chi connectivity index (χ3n) is 4.45. The molecule has 0 aromatic heterocycles. The van der Waals surface area contributed by atoms with E-state index in [4.69, 9.17) is 15.2 Å². The fraction of sp³-hybridized carbons (Fsp3) is 0.600. The van der Waals surface area contributed by atoms with Gasteiger partial charge in [-0.2, -0.15) is 0 Å². The summed E-state index contributed by atoms with van der Waals surface area (Å²) in [6.45, 7) is 2.10. The van der Waals surface area contributed by atoms with E-state index in [1.54, 1.807) is 7.11 Å². The van der Waals surface area contributed by atoms with E-state index in [9.17, 15) is 0 Å². The highest BCUT2D eigenvalue weighted by Crippen LogP contribution is 2.44. The Balaban J connectivity index is 1.82. The van der Waals surface area contributed by atoms with Crippen LogP contribution in [-0.4, -0.2) is 19.3 Å². The number of hydrogen-bond donors (Lipinski definition) is 1. The van der Waals surface area contributed by atoms with Crippen molar-refractivity contribution in [3.05, 3.63) is 29.3 Å². The van der Waals surface area contributed by atoms with Crippen LogP contribution in [0.25, 0.3) is 0 Å². The van der Waals surface area contributed by atoms with Gasteiger partial charge in [-0.15, -0.1) is 0 Å². The normalized spacial score (nSPS) is 31.6. The molecule has 2 N–H and O–H groups in total. The number of methoxy groups -OCH3 is 1. The molecule has 4 atom stereocenters. The van der Waals surface area contributed by atoms with Crippen molar-refractivity contribution in [1.82, 2.24) is 0 Å². The van der Waals surface area contributed by atoms with Crippen LogP contribution in [0, 0.1) is 12.8 Å². The van der Waals surface area contributed by atoms with E-state index in [1.165, 1.54) is 24.0 Å². The Morgan fingerprint density at radius 3 is 2.78 bits per heavy atom. The third-order valence-corrected chi connectivity index (χ3v) is 4.45. The minimum absolute atomic E-state index is 0.0891. The van der Waals surface area contributed by atoms with Gasteiger partial charge in [0.15, 0.2) is 0 Å². The van der Waals surface area contributed by atoms with Gasteiger partial charge < -0.3 is 15.2 Å².